The Morgan fingerprint density at radius 3 is 1.79 bits per heavy atom. The highest BCUT2D eigenvalue weighted by atomic mass is 32.2. The van der Waals surface area contributed by atoms with Crippen LogP contribution in [0, 0.1) is 0 Å². The molecule has 1 unspecified atom stereocenters. The van der Waals surface area contributed by atoms with Gasteiger partial charge in [0.2, 0.25) is 10.0 Å². The first-order valence-electron chi connectivity index (χ1n) is 12.4. The Morgan fingerprint density at radius 2 is 1.16 bits per heavy atom. The van der Waals surface area contributed by atoms with Crippen LogP contribution in [-0.4, -0.2) is 31.7 Å². The maximum absolute atomic E-state index is 14.1. The Hall–Kier alpha value is -3.72. The molecule has 0 amide bonds. The van der Waals surface area contributed by atoms with Crippen molar-refractivity contribution in [1.29, 1.82) is 0 Å². The molecule has 0 saturated heterocycles. The second kappa shape index (κ2) is 9.54. The normalized spacial score (nSPS) is 16.4. The Bertz CT molecular complexity index is 1820. The topological polar surface area (TPSA) is 76.5 Å². The number of rotatable bonds is 6. The lowest BCUT2D eigenvalue weighted by molar-refractivity contribution is 0.349. The van der Waals surface area contributed by atoms with E-state index in [4.69, 9.17) is 0 Å². The highest BCUT2D eigenvalue weighted by Crippen LogP contribution is 2.41. The van der Waals surface area contributed by atoms with Crippen molar-refractivity contribution in [2.75, 3.05) is 6.54 Å². The third-order valence-corrected chi connectivity index (χ3v) is 10.7. The molecule has 1 aromatic heterocycles. The van der Waals surface area contributed by atoms with Crippen LogP contribution in [0.15, 0.2) is 125 Å². The van der Waals surface area contributed by atoms with Crippen molar-refractivity contribution in [2.45, 2.75) is 28.7 Å². The van der Waals surface area contributed by atoms with Gasteiger partial charge in [-0.1, -0.05) is 84.9 Å². The number of hydrogen-bond acceptors (Lipinski definition) is 4. The van der Waals surface area contributed by atoms with Gasteiger partial charge in [-0.2, -0.15) is 4.31 Å². The van der Waals surface area contributed by atoms with Crippen LogP contribution < -0.4 is 0 Å². The van der Waals surface area contributed by atoms with Crippen molar-refractivity contribution in [1.82, 2.24) is 8.28 Å². The quantitative estimate of drug-likeness (QED) is 0.288. The summed E-state index contributed by atoms with van der Waals surface area (Å²) < 4.78 is 58.5. The van der Waals surface area contributed by atoms with E-state index < -0.39 is 20.0 Å². The molecule has 1 aliphatic rings. The first kappa shape index (κ1) is 24.6. The second-order valence-electron chi connectivity index (χ2n) is 9.46. The lowest BCUT2D eigenvalue weighted by atomic mass is 9.87. The lowest BCUT2D eigenvalue weighted by Crippen LogP contribution is -2.40. The average molecular weight is 543 g/mol. The van der Waals surface area contributed by atoms with E-state index in [0.29, 0.717) is 17.6 Å². The first-order chi connectivity index (χ1) is 18.4. The van der Waals surface area contributed by atoms with Crippen molar-refractivity contribution >= 4 is 30.9 Å². The van der Waals surface area contributed by atoms with Crippen molar-refractivity contribution in [2.24, 2.45) is 0 Å². The van der Waals surface area contributed by atoms with Gasteiger partial charge in [0, 0.05) is 17.8 Å². The number of para-hydroxylation sites is 1. The maximum Gasteiger partial charge on any atom is 0.268 e. The van der Waals surface area contributed by atoms with Gasteiger partial charge in [0.1, 0.15) is 0 Å². The van der Waals surface area contributed by atoms with Gasteiger partial charge in [0.15, 0.2) is 0 Å². The average Bonchev–Trinajstić information content (AvgIpc) is 3.30. The third kappa shape index (κ3) is 4.15. The third-order valence-electron chi connectivity index (χ3n) is 7.11. The molecule has 6 rings (SSSR count). The van der Waals surface area contributed by atoms with Gasteiger partial charge in [0.25, 0.3) is 10.0 Å². The van der Waals surface area contributed by atoms with Crippen LogP contribution in [0.1, 0.15) is 22.7 Å². The summed E-state index contributed by atoms with van der Waals surface area (Å²) in [5, 5.41) is 0.833. The zero-order valence-electron chi connectivity index (χ0n) is 20.5. The van der Waals surface area contributed by atoms with Gasteiger partial charge in [-0.05, 0) is 47.9 Å². The van der Waals surface area contributed by atoms with Crippen LogP contribution in [0.5, 0.6) is 0 Å². The largest absolute Gasteiger partial charge is 0.268 e. The van der Waals surface area contributed by atoms with Gasteiger partial charge in [0.05, 0.1) is 27.5 Å². The van der Waals surface area contributed by atoms with Crippen LogP contribution in [0.3, 0.4) is 0 Å². The predicted molar refractivity (Wildman–Crippen MR) is 148 cm³/mol. The van der Waals surface area contributed by atoms with Crippen LogP contribution in [0.4, 0.5) is 0 Å². The summed E-state index contributed by atoms with van der Waals surface area (Å²) in [4.78, 5) is 0.349. The monoisotopic (exact) mass is 542 g/mol. The molecule has 5 aromatic rings. The molecule has 1 atom stereocenters. The smallest absolute Gasteiger partial charge is 0.236 e. The molecule has 0 spiro atoms. The summed E-state index contributed by atoms with van der Waals surface area (Å²) in [5.41, 5.74) is 2.99. The minimum atomic E-state index is -4.00. The Balaban J connectivity index is 1.59. The molecule has 1 aliphatic heterocycles. The van der Waals surface area contributed by atoms with E-state index >= 15 is 0 Å². The zero-order valence-corrected chi connectivity index (χ0v) is 22.1. The molecular weight excluding hydrogens is 516 g/mol. The fourth-order valence-electron chi connectivity index (χ4n) is 5.42. The minimum Gasteiger partial charge on any atom is -0.236 e. The number of nitrogens with zero attached hydrogens (tertiary/aromatic N) is 2. The predicted octanol–water partition coefficient (Wildman–Crippen LogP) is 5.41. The van der Waals surface area contributed by atoms with Crippen molar-refractivity contribution in [3.05, 3.63) is 132 Å². The summed E-state index contributed by atoms with van der Waals surface area (Å²) in [6.07, 6.45) is 0.577. The fourth-order valence-corrected chi connectivity index (χ4v) is 8.47. The molecule has 0 aliphatic carbocycles. The molecule has 4 aromatic carbocycles. The standard InChI is InChI=1S/C30H26N2O4S2/c33-37(34,25-14-6-2-7-15-25)31-21-24(20-23-12-4-1-5-13-23)30-27-18-10-11-19-28(27)32(29(30)22-31)38(35,36)26-16-8-3-9-17-26/h1-19,24H,20-22H2. The van der Waals surface area contributed by atoms with E-state index in [2.05, 4.69) is 0 Å². The fraction of sp³-hybridized carbons (Fsp3) is 0.133. The van der Waals surface area contributed by atoms with E-state index in [9.17, 15) is 16.8 Å². The molecular formula is C30H26N2O4S2. The van der Waals surface area contributed by atoms with Gasteiger partial charge in [-0.3, -0.25) is 0 Å². The number of fused-ring (bicyclic) bond motifs is 3. The van der Waals surface area contributed by atoms with Gasteiger partial charge < -0.3 is 0 Å². The molecule has 0 saturated carbocycles. The highest BCUT2D eigenvalue weighted by Gasteiger charge is 2.39. The number of benzene rings is 4. The molecule has 38 heavy (non-hydrogen) atoms. The van der Waals surface area contributed by atoms with E-state index in [1.165, 1.54) is 8.28 Å². The SMILES string of the molecule is O=S(=O)(c1ccccc1)N1Cc2c(c3ccccc3n2S(=O)(=O)c2ccccc2)C(Cc2ccccc2)C1. The van der Waals surface area contributed by atoms with E-state index in [1.54, 1.807) is 66.7 Å². The number of aromatic nitrogens is 1. The van der Waals surface area contributed by atoms with Gasteiger partial charge in [-0.25, -0.2) is 20.8 Å². The highest BCUT2D eigenvalue weighted by molar-refractivity contribution is 7.90. The summed E-state index contributed by atoms with van der Waals surface area (Å²) in [6.45, 7) is 0.205. The summed E-state index contributed by atoms with van der Waals surface area (Å²) >= 11 is 0. The van der Waals surface area contributed by atoms with Crippen LogP contribution in [0.2, 0.25) is 0 Å². The van der Waals surface area contributed by atoms with Crippen molar-refractivity contribution in [3.8, 4) is 0 Å². The lowest BCUT2D eigenvalue weighted by Gasteiger charge is -2.33. The van der Waals surface area contributed by atoms with E-state index in [1.807, 2.05) is 48.5 Å². The minimum absolute atomic E-state index is 0.0431. The molecule has 6 nitrogen and oxygen atoms in total. The van der Waals surface area contributed by atoms with Crippen molar-refractivity contribution in [3.63, 3.8) is 0 Å². The molecule has 0 bridgehead atoms. The van der Waals surface area contributed by atoms with Crippen LogP contribution >= 0.6 is 0 Å². The van der Waals surface area contributed by atoms with Crippen molar-refractivity contribution < 1.29 is 16.8 Å². The second-order valence-corrected chi connectivity index (χ2v) is 13.2. The number of hydrogen-bond donors (Lipinski definition) is 0. The Kier molecular flexibility index (Phi) is 6.18. The molecule has 0 radical (unpaired) electrons. The molecule has 192 valence electrons. The summed E-state index contributed by atoms with van der Waals surface area (Å²) in [5.74, 6) is -0.239. The number of sulfonamides is 1. The van der Waals surface area contributed by atoms with Crippen LogP contribution in [-0.2, 0) is 33.0 Å². The van der Waals surface area contributed by atoms with Gasteiger partial charge in [-0.15, -0.1) is 0 Å². The molecule has 0 fully saturated rings. The molecule has 8 heteroatoms. The summed E-state index contributed by atoms with van der Waals surface area (Å²) in [6, 6.07) is 33.9. The molecule has 2 heterocycles. The van der Waals surface area contributed by atoms with E-state index in [-0.39, 0.29) is 28.8 Å². The first-order valence-corrected chi connectivity index (χ1v) is 15.3. The van der Waals surface area contributed by atoms with Crippen LogP contribution in [0.25, 0.3) is 10.9 Å². The maximum atomic E-state index is 14.1. The Labute approximate surface area is 222 Å². The van der Waals surface area contributed by atoms with Gasteiger partial charge >= 0.3 is 0 Å². The molecule has 0 N–H and O–H groups in total. The summed E-state index contributed by atoms with van der Waals surface area (Å²) in [7, 11) is -7.87. The Morgan fingerprint density at radius 1 is 0.632 bits per heavy atom. The van der Waals surface area contributed by atoms with E-state index in [0.717, 1.165) is 16.5 Å². The zero-order chi connectivity index (χ0) is 26.3.